The largest absolute Gasteiger partial charge is 0.481 e. The van der Waals surface area contributed by atoms with Gasteiger partial charge in [-0.1, -0.05) is 15.9 Å². The molecular formula is C16H11BrF3NO2. The number of anilines is 1. The van der Waals surface area contributed by atoms with Gasteiger partial charge in [0, 0.05) is 22.6 Å². The van der Waals surface area contributed by atoms with E-state index in [2.05, 4.69) is 15.9 Å². The Kier molecular flexibility index (Phi) is 4.30. The van der Waals surface area contributed by atoms with Gasteiger partial charge < -0.3 is 9.64 Å². The number of hydrogen-bond donors (Lipinski definition) is 0. The number of nitrogens with zero attached hydrogens (tertiary/aromatic N) is 1. The Hall–Kier alpha value is -2.02. The number of hydrogen-bond acceptors (Lipinski definition) is 2. The minimum Gasteiger partial charge on any atom is -0.481 e. The Labute approximate surface area is 138 Å². The molecule has 0 aliphatic carbocycles. The summed E-state index contributed by atoms with van der Waals surface area (Å²) in [5.74, 6) is -2.58. The highest BCUT2D eigenvalue weighted by Gasteiger charge is 2.28. The lowest BCUT2D eigenvalue weighted by molar-refractivity contribution is -0.120. The Balaban J connectivity index is 1.74. The summed E-state index contributed by atoms with van der Waals surface area (Å²) in [5, 5.41) is 0. The second-order valence-electron chi connectivity index (χ2n) is 5.04. The molecule has 0 aromatic heterocycles. The zero-order valence-corrected chi connectivity index (χ0v) is 13.4. The summed E-state index contributed by atoms with van der Waals surface area (Å²) >= 11 is 3.12. The molecule has 1 heterocycles. The number of carbonyl (C=O) groups excluding carboxylic acids is 1. The minimum atomic E-state index is -0.749. The van der Waals surface area contributed by atoms with Crippen LogP contribution < -0.4 is 9.64 Å². The lowest BCUT2D eigenvalue weighted by Gasteiger charge is -2.18. The van der Waals surface area contributed by atoms with Crippen LogP contribution in [0.25, 0.3) is 0 Å². The van der Waals surface area contributed by atoms with E-state index in [-0.39, 0.29) is 18.0 Å². The summed E-state index contributed by atoms with van der Waals surface area (Å²) in [5.41, 5.74) is 0.502. The molecule has 3 rings (SSSR count). The van der Waals surface area contributed by atoms with E-state index >= 15 is 0 Å². The lowest BCUT2D eigenvalue weighted by atomic mass is 10.1. The van der Waals surface area contributed by atoms with E-state index in [0.717, 1.165) is 12.1 Å². The van der Waals surface area contributed by atoms with Gasteiger partial charge in [-0.3, -0.25) is 4.79 Å². The zero-order chi connectivity index (χ0) is 16.6. The van der Waals surface area contributed by atoms with Gasteiger partial charge in [-0.2, -0.15) is 0 Å². The monoisotopic (exact) mass is 385 g/mol. The molecule has 1 aliphatic rings. The van der Waals surface area contributed by atoms with Gasteiger partial charge in [-0.25, -0.2) is 13.2 Å². The predicted molar refractivity (Wildman–Crippen MR) is 82.0 cm³/mol. The van der Waals surface area contributed by atoms with E-state index in [1.807, 2.05) is 0 Å². The Morgan fingerprint density at radius 2 is 1.96 bits per heavy atom. The Morgan fingerprint density at radius 1 is 1.17 bits per heavy atom. The number of amides is 1. The van der Waals surface area contributed by atoms with Crippen LogP contribution in [0, 0.1) is 17.5 Å². The van der Waals surface area contributed by atoms with Gasteiger partial charge in [0.15, 0.2) is 18.2 Å². The van der Waals surface area contributed by atoms with Crippen LogP contribution in [0.5, 0.6) is 5.75 Å². The lowest BCUT2D eigenvalue weighted by Crippen LogP contribution is -2.33. The molecule has 0 fully saturated rings. The molecule has 2 aromatic rings. The van der Waals surface area contributed by atoms with Crippen LogP contribution in [-0.4, -0.2) is 19.1 Å². The Bertz CT molecular complexity index is 782. The first-order valence-corrected chi connectivity index (χ1v) is 7.61. The SMILES string of the molecule is O=C(COc1ccc(Br)cc1F)N1CCc2c(F)cc(F)cc21. The predicted octanol–water partition coefficient (Wildman–Crippen LogP) is 3.83. The van der Waals surface area contributed by atoms with E-state index in [4.69, 9.17) is 4.74 Å². The molecule has 2 aromatic carbocycles. The highest BCUT2D eigenvalue weighted by Crippen LogP contribution is 2.31. The normalized spacial score (nSPS) is 13.1. The third kappa shape index (κ3) is 3.19. The number of ether oxygens (including phenoxy) is 1. The molecule has 3 nitrogen and oxygen atoms in total. The number of benzene rings is 2. The maximum atomic E-state index is 13.7. The molecule has 7 heteroatoms. The molecule has 23 heavy (non-hydrogen) atoms. The average Bonchev–Trinajstić information content (AvgIpc) is 2.90. The highest BCUT2D eigenvalue weighted by molar-refractivity contribution is 9.10. The third-order valence-corrected chi connectivity index (χ3v) is 4.05. The van der Waals surface area contributed by atoms with Crippen LogP contribution in [0.15, 0.2) is 34.8 Å². The van der Waals surface area contributed by atoms with Crippen molar-refractivity contribution in [3.05, 3.63) is 57.8 Å². The first-order valence-electron chi connectivity index (χ1n) is 6.82. The van der Waals surface area contributed by atoms with Crippen LogP contribution in [0.1, 0.15) is 5.56 Å². The number of rotatable bonds is 3. The molecule has 120 valence electrons. The van der Waals surface area contributed by atoms with Crippen molar-refractivity contribution in [2.24, 2.45) is 0 Å². The van der Waals surface area contributed by atoms with Crippen molar-refractivity contribution < 1.29 is 22.7 Å². The second kappa shape index (κ2) is 6.23. The van der Waals surface area contributed by atoms with Crippen molar-refractivity contribution in [2.45, 2.75) is 6.42 Å². The van der Waals surface area contributed by atoms with Crippen LogP contribution in [-0.2, 0) is 11.2 Å². The first kappa shape index (κ1) is 15.9. The van der Waals surface area contributed by atoms with Crippen molar-refractivity contribution in [1.82, 2.24) is 0 Å². The van der Waals surface area contributed by atoms with Gasteiger partial charge in [0.1, 0.15) is 11.6 Å². The summed E-state index contributed by atoms with van der Waals surface area (Å²) in [7, 11) is 0. The van der Waals surface area contributed by atoms with Crippen molar-refractivity contribution in [1.29, 1.82) is 0 Å². The molecule has 0 spiro atoms. The molecular weight excluding hydrogens is 375 g/mol. The quantitative estimate of drug-likeness (QED) is 0.803. The molecule has 0 atom stereocenters. The van der Waals surface area contributed by atoms with E-state index in [9.17, 15) is 18.0 Å². The summed E-state index contributed by atoms with van der Waals surface area (Å²) < 4.78 is 46.4. The number of fused-ring (bicyclic) bond motifs is 1. The van der Waals surface area contributed by atoms with Gasteiger partial charge in [0.2, 0.25) is 0 Å². The van der Waals surface area contributed by atoms with Crippen LogP contribution in [0.3, 0.4) is 0 Å². The van der Waals surface area contributed by atoms with Crippen molar-refractivity contribution in [2.75, 3.05) is 18.1 Å². The van der Waals surface area contributed by atoms with E-state index in [1.165, 1.54) is 17.0 Å². The van der Waals surface area contributed by atoms with Crippen LogP contribution in [0.2, 0.25) is 0 Å². The molecule has 0 radical (unpaired) electrons. The van der Waals surface area contributed by atoms with Gasteiger partial charge in [-0.05, 0) is 30.7 Å². The third-order valence-electron chi connectivity index (χ3n) is 3.56. The highest BCUT2D eigenvalue weighted by atomic mass is 79.9. The number of carbonyl (C=O) groups is 1. The Morgan fingerprint density at radius 3 is 2.70 bits per heavy atom. The van der Waals surface area contributed by atoms with Crippen molar-refractivity contribution in [3.8, 4) is 5.75 Å². The van der Waals surface area contributed by atoms with E-state index in [1.54, 1.807) is 6.07 Å². The van der Waals surface area contributed by atoms with E-state index in [0.29, 0.717) is 16.5 Å². The zero-order valence-electron chi connectivity index (χ0n) is 11.8. The fourth-order valence-corrected chi connectivity index (χ4v) is 2.82. The molecule has 0 saturated carbocycles. The second-order valence-corrected chi connectivity index (χ2v) is 5.96. The smallest absolute Gasteiger partial charge is 0.264 e. The summed E-state index contributed by atoms with van der Waals surface area (Å²) in [6, 6.07) is 6.10. The molecule has 1 amide bonds. The molecule has 0 saturated heterocycles. The van der Waals surface area contributed by atoms with Crippen LogP contribution >= 0.6 is 15.9 Å². The summed E-state index contributed by atoms with van der Waals surface area (Å²) in [6.07, 6.45) is 0.305. The maximum Gasteiger partial charge on any atom is 0.264 e. The first-order chi connectivity index (χ1) is 11.0. The van der Waals surface area contributed by atoms with Crippen molar-refractivity contribution in [3.63, 3.8) is 0 Å². The molecule has 0 bridgehead atoms. The number of halogens is 4. The summed E-state index contributed by atoms with van der Waals surface area (Å²) in [4.78, 5) is 13.5. The van der Waals surface area contributed by atoms with Crippen molar-refractivity contribution >= 4 is 27.5 Å². The molecule has 0 unspecified atom stereocenters. The standard InChI is InChI=1S/C16H11BrF3NO2/c17-9-1-2-15(13(20)5-9)23-8-16(22)21-4-3-11-12(19)6-10(18)7-14(11)21/h1-2,5-7H,3-4,8H2. The van der Waals surface area contributed by atoms with Gasteiger partial charge in [-0.15, -0.1) is 0 Å². The average molecular weight is 386 g/mol. The fraction of sp³-hybridized carbons (Fsp3) is 0.188. The van der Waals surface area contributed by atoms with Gasteiger partial charge in [0.05, 0.1) is 5.69 Å². The minimum absolute atomic E-state index is 0.0635. The molecule has 1 aliphatic heterocycles. The fourth-order valence-electron chi connectivity index (χ4n) is 2.49. The van der Waals surface area contributed by atoms with E-state index < -0.39 is 30.0 Å². The maximum absolute atomic E-state index is 13.7. The summed E-state index contributed by atoms with van der Waals surface area (Å²) in [6.45, 7) is -0.184. The van der Waals surface area contributed by atoms with Crippen LogP contribution in [0.4, 0.5) is 18.9 Å². The topological polar surface area (TPSA) is 29.5 Å². The van der Waals surface area contributed by atoms with Gasteiger partial charge >= 0.3 is 0 Å². The van der Waals surface area contributed by atoms with Gasteiger partial charge in [0.25, 0.3) is 5.91 Å². The molecule has 0 N–H and O–H groups in total.